The molecule has 0 bridgehead atoms. The summed E-state index contributed by atoms with van der Waals surface area (Å²) in [5.41, 5.74) is 7.05. The van der Waals surface area contributed by atoms with E-state index in [0.717, 1.165) is 12.0 Å². The number of benzene rings is 1. The lowest BCUT2D eigenvalue weighted by atomic mass is 10.1. The number of nitrogens with one attached hydrogen (secondary N) is 1. The average molecular weight is 292 g/mol. The highest BCUT2D eigenvalue weighted by molar-refractivity contribution is 5.94. The van der Waals surface area contributed by atoms with Gasteiger partial charge in [0.15, 0.2) is 0 Å². The molecule has 1 saturated heterocycles. The zero-order chi connectivity index (χ0) is 15.2. The largest absolute Gasteiger partial charge is 0.481 e. The Kier molecular flexibility index (Phi) is 5.30. The Hall–Kier alpha value is -1.92. The molecule has 1 aromatic rings. The Morgan fingerprint density at radius 2 is 2.19 bits per heavy atom. The van der Waals surface area contributed by atoms with E-state index in [1.807, 2.05) is 6.07 Å². The first-order valence-electron chi connectivity index (χ1n) is 7.05. The van der Waals surface area contributed by atoms with Crippen LogP contribution in [0.15, 0.2) is 24.3 Å². The van der Waals surface area contributed by atoms with Crippen LogP contribution in [0.3, 0.4) is 0 Å². The molecule has 1 heterocycles. The van der Waals surface area contributed by atoms with E-state index in [2.05, 4.69) is 5.32 Å². The molecule has 0 saturated carbocycles. The monoisotopic (exact) mass is 292 g/mol. The summed E-state index contributed by atoms with van der Waals surface area (Å²) in [4.78, 5) is 22.7. The number of aliphatic carboxylic acids is 1. The Labute approximate surface area is 123 Å². The quantitative estimate of drug-likeness (QED) is 0.730. The zero-order valence-corrected chi connectivity index (χ0v) is 11.7. The van der Waals surface area contributed by atoms with Crippen LogP contribution >= 0.6 is 0 Å². The van der Waals surface area contributed by atoms with Gasteiger partial charge in [0.05, 0.1) is 6.10 Å². The van der Waals surface area contributed by atoms with Crippen LogP contribution in [0.5, 0.6) is 0 Å². The summed E-state index contributed by atoms with van der Waals surface area (Å²) < 4.78 is 5.54. The van der Waals surface area contributed by atoms with Crippen molar-refractivity contribution in [2.24, 2.45) is 5.73 Å². The Morgan fingerprint density at radius 3 is 2.86 bits per heavy atom. The van der Waals surface area contributed by atoms with E-state index in [1.54, 1.807) is 18.2 Å². The number of anilines is 1. The molecule has 0 radical (unpaired) electrons. The maximum Gasteiger partial charge on any atom is 0.303 e. The van der Waals surface area contributed by atoms with Crippen molar-refractivity contribution in [3.8, 4) is 0 Å². The molecule has 2 unspecified atom stereocenters. The van der Waals surface area contributed by atoms with E-state index in [0.29, 0.717) is 25.1 Å². The smallest absolute Gasteiger partial charge is 0.303 e. The number of aryl methyl sites for hydroxylation is 1. The summed E-state index contributed by atoms with van der Waals surface area (Å²) in [7, 11) is 0. The van der Waals surface area contributed by atoms with E-state index in [1.165, 1.54) is 0 Å². The van der Waals surface area contributed by atoms with Crippen LogP contribution in [0.4, 0.5) is 5.69 Å². The molecule has 21 heavy (non-hydrogen) atoms. The number of hydrogen-bond acceptors (Lipinski definition) is 4. The SMILES string of the molecule is NCC1CCC(C(=O)Nc2cccc(CCC(=O)O)c2)O1. The number of carboxylic acids is 1. The first-order chi connectivity index (χ1) is 10.1. The summed E-state index contributed by atoms with van der Waals surface area (Å²) in [5, 5.41) is 11.5. The topological polar surface area (TPSA) is 102 Å². The van der Waals surface area contributed by atoms with Crippen molar-refractivity contribution in [1.29, 1.82) is 0 Å². The van der Waals surface area contributed by atoms with E-state index >= 15 is 0 Å². The van der Waals surface area contributed by atoms with Gasteiger partial charge in [0.2, 0.25) is 0 Å². The lowest BCUT2D eigenvalue weighted by molar-refractivity contribution is -0.137. The third-order valence-electron chi connectivity index (χ3n) is 3.48. The van der Waals surface area contributed by atoms with Crippen molar-refractivity contribution in [3.05, 3.63) is 29.8 Å². The number of carboxylic acid groups (broad SMARTS) is 1. The van der Waals surface area contributed by atoms with Gasteiger partial charge in [-0.3, -0.25) is 9.59 Å². The maximum atomic E-state index is 12.1. The second-order valence-electron chi connectivity index (χ2n) is 5.14. The normalized spacial score (nSPS) is 21.2. The second-order valence-corrected chi connectivity index (χ2v) is 5.14. The lowest BCUT2D eigenvalue weighted by Crippen LogP contribution is -2.29. The van der Waals surface area contributed by atoms with Crippen LogP contribution in [0.1, 0.15) is 24.8 Å². The fourth-order valence-corrected chi connectivity index (χ4v) is 2.35. The van der Waals surface area contributed by atoms with Gasteiger partial charge < -0.3 is 20.9 Å². The molecule has 1 aromatic carbocycles. The van der Waals surface area contributed by atoms with Gasteiger partial charge in [-0.05, 0) is 37.0 Å². The molecule has 0 aliphatic carbocycles. The molecule has 1 aliphatic heterocycles. The third-order valence-corrected chi connectivity index (χ3v) is 3.48. The Balaban J connectivity index is 1.91. The van der Waals surface area contributed by atoms with Crippen molar-refractivity contribution in [2.45, 2.75) is 37.9 Å². The van der Waals surface area contributed by atoms with Crippen molar-refractivity contribution in [1.82, 2.24) is 0 Å². The number of hydrogen-bond donors (Lipinski definition) is 3. The van der Waals surface area contributed by atoms with Gasteiger partial charge in [-0.25, -0.2) is 0 Å². The van der Waals surface area contributed by atoms with Gasteiger partial charge in [0.1, 0.15) is 6.10 Å². The molecule has 1 fully saturated rings. The number of carbonyl (C=O) groups is 2. The van der Waals surface area contributed by atoms with E-state index in [4.69, 9.17) is 15.6 Å². The molecule has 6 nitrogen and oxygen atoms in total. The molecule has 0 spiro atoms. The molecule has 2 atom stereocenters. The predicted octanol–water partition coefficient (Wildman–Crippen LogP) is 1.15. The van der Waals surface area contributed by atoms with Gasteiger partial charge >= 0.3 is 5.97 Å². The van der Waals surface area contributed by atoms with Gasteiger partial charge in [-0.15, -0.1) is 0 Å². The number of amides is 1. The number of ether oxygens (including phenoxy) is 1. The summed E-state index contributed by atoms with van der Waals surface area (Å²) in [6.07, 6.45) is 1.48. The highest BCUT2D eigenvalue weighted by Crippen LogP contribution is 2.21. The highest BCUT2D eigenvalue weighted by Gasteiger charge is 2.29. The van der Waals surface area contributed by atoms with Crippen molar-refractivity contribution < 1.29 is 19.4 Å². The summed E-state index contributed by atoms with van der Waals surface area (Å²) in [5.74, 6) is -1.02. The van der Waals surface area contributed by atoms with Crippen molar-refractivity contribution in [3.63, 3.8) is 0 Å². The van der Waals surface area contributed by atoms with Crippen molar-refractivity contribution >= 4 is 17.6 Å². The predicted molar refractivity (Wildman–Crippen MR) is 78.0 cm³/mol. The molecular formula is C15H20N2O4. The van der Waals surface area contributed by atoms with Crippen LogP contribution in [0.2, 0.25) is 0 Å². The molecular weight excluding hydrogens is 272 g/mol. The van der Waals surface area contributed by atoms with Gasteiger partial charge in [0, 0.05) is 18.7 Å². The minimum Gasteiger partial charge on any atom is -0.481 e. The van der Waals surface area contributed by atoms with Gasteiger partial charge in [-0.2, -0.15) is 0 Å². The molecule has 4 N–H and O–H groups in total. The first kappa shape index (κ1) is 15.5. The standard InChI is InChI=1S/C15H20N2O4/c16-9-12-5-6-13(21-12)15(20)17-11-3-1-2-10(8-11)4-7-14(18)19/h1-3,8,12-13H,4-7,9,16H2,(H,17,20)(H,18,19). The Morgan fingerprint density at radius 1 is 1.38 bits per heavy atom. The number of carbonyl (C=O) groups excluding carboxylic acids is 1. The van der Waals surface area contributed by atoms with E-state index < -0.39 is 12.1 Å². The minimum atomic E-state index is -0.836. The first-order valence-corrected chi connectivity index (χ1v) is 7.05. The van der Waals surface area contributed by atoms with Crippen LogP contribution in [0, 0.1) is 0 Å². The van der Waals surface area contributed by atoms with Gasteiger partial charge in [0.25, 0.3) is 5.91 Å². The highest BCUT2D eigenvalue weighted by atomic mass is 16.5. The summed E-state index contributed by atoms with van der Waals surface area (Å²) >= 11 is 0. The lowest BCUT2D eigenvalue weighted by Gasteiger charge is -2.13. The van der Waals surface area contributed by atoms with E-state index in [-0.39, 0.29) is 18.4 Å². The summed E-state index contributed by atoms with van der Waals surface area (Å²) in [6, 6.07) is 7.20. The van der Waals surface area contributed by atoms with Crippen LogP contribution in [-0.4, -0.2) is 35.7 Å². The molecule has 2 rings (SSSR count). The molecule has 6 heteroatoms. The van der Waals surface area contributed by atoms with Crippen molar-refractivity contribution in [2.75, 3.05) is 11.9 Å². The molecule has 114 valence electrons. The molecule has 1 aliphatic rings. The molecule has 0 aromatic heterocycles. The molecule has 1 amide bonds. The minimum absolute atomic E-state index is 0.0392. The third kappa shape index (κ3) is 4.54. The number of nitrogens with two attached hydrogens (primary N) is 1. The van der Waals surface area contributed by atoms with Gasteiger partial charge in [-0.1, -0.05) is 12.1 Å². The average Bonchev–Trinajstić information content (AvgIpc) is 2.94. The number of rotatable bonds is 6. The fraction of sp³-hybridized carbons (Fsp3) is 0.467. The summed E-state index contributed by atoms with van der Waals surface area (Å²) in [6.45, 7) is 0.425. The van der Waals surface area contributed by atoms with Crippen LogP contribution in [-0.2, 0) is 20.7 Å². The van der Waals surface area contributed by atoms with E-state index in [9.17, 15) is 9.59 Å². The fourth-order valence-electron chi connectivity index (χ4n) is 2.35. The van der Waals surface area contributed by atoms with Crippen LogP contribution in [0.25, 0.3) is 0 Å². The second kappa shape index (κ2) is 7.19. The Bertz CT molecular complexity index is 518. The maximum absolute atomic E-state index is 12.1. The zero-order valence-electron chi connectivity index (χ0n) is 11.7. The van der Waals surface area contributed by atoms with Crippen LogP contribution < -0.4 is 11.1 Å².